The van der Waals surface area contributed by atoms with Crippen LogP contribution in [0, 0.1) is 0 Å². The Balaban J connectivity index is 3.40. The first-order chi connectivity index (χ1) is 6.90. The predicted molar refractivity (Wildman–Crippen MR) is 60.2 cm³/mol. The average Bonchev–Trinajstić information content (AvgIpc) is 2.17. The summed E-state index contributed by atoms with van der Waals surface area (Å²) in [5.74, 6) is -1.65. The number of benzene rings is 1. The van der Waals surface area contributed by atoms with E-state index >= 15 is 0 Å². The first-order valence-electron chi connectivity index (χ1n) is 3.90. The van der Waals surface area contributed by atoms with Gasteiger partial charge in [-0.05, 0) is 23.9 Å². The SMILES string of the molecule is COP(N)(=S)c1cccc(C(=O)O)c1O. The summed E-state index contributed by atoms with van der Waals surface area (Å²) in [7, 11) is 1.33. The molecule has 0 aliphatic rings. The van der Waals surface area contributed by atoms with Crippen molar-refractivity contribution in [3.8, 4) is 5.75 Å². The molecule has 5 nitrogen and oxygen atoms in total. The lowest BCUT2D eigenvalue weighted by Crippen LogP contribution is -2.15. The summed E-state index contributed by atoms with van der Waals surface area (Å²) in [5, 5.41) is 18.6. The van der Waals surface area contributed by atoms with Crippen molar-refractivity contribution in [2.24, 2.45) is 5.50 Å². The van der Waals surface area contributed by atoms with Gasteiger partial charge in [-0.15, -0.1) is 0 Å². The number of carboxylic acids is 1. The number of aromatic carboxylic acids is 1. The Bertz CT molecular complexity index is 448. The van der Waals surface area contributed by atoms with Crippen molar-refractivity contribution in [2.75, 3.05) is 7.11 Å². The standard InChI is InChI=1S/C8H10NO4PS/c1-13-14(9,15)6-4-2-3-5(7(6)10)8(11)12/h2-4,10H,1H3,(H2,9,15)(H,11,12). The monoisotopic (exact) mass is 247 g/mol. The van der Waals surface area contributed by atoms with Crippen molar-refractivity contribution in [1.82, 2.24) is 0 Å². The van der Waals surface area contributed by atoms with Crippen molar-refractivity contribution in [1.29, 1.82) is 0 Å². The first-order valence-corrected chi connectivity index (χ1v) is 6.69. The summed E-state index contributed by atoms with van der Waals surface area (Å²) < 4.78 is 4.89. The molecule has 0 aromatic heterocycles. The van der Waals surface area contributed by atoms with Gasteiger partial charge < -0.3 is 14.7 Å². The molecule has 0 aliphatic heterocycles. The summed E-state index contributed by atoms with van der Waals surface area (Å²) in [6.45, 7) is 0. The fraction of sp³-hybridized carbons (Fsp3) is 0.125. The van der Waals surface area contributed by atoms with Gasteiger partial charge in [0.15, 0.2) is 6.42 Å². The Labute approximate surface area is 91.6 Å². The number of hydrogen-bond acceptors (Lipinski definition) is 4. The first kappa shape index (κ1) is 12.1. The van der Waals surface area contributed by atoms with Crippen LogP contribution >= 0.6 is 6.42 Å². The highest BCUT2D eigenvalue weighted by Gasteiger charge is 2.21. The van der Waals surface area contributed by atoms with Crippen molar-refractivity contribution >= 4 is 29.5 Å². The van der Waals surface area contributed by atoms with Gasteiger partial charge in [-0.25, -0.2) is 4.79 Å². The maximum Gasteiger partial charge on any atom is 0.339 e. The molecule has 0 bridgehead atoms. The second-order valence-electron chi connectivity index (χ2n) is 2.76. The number of carbonyl (C=O) groups is 1. The van der Waals surface area contributed by atoms with Crippen LogP contribution < -0.4 is 10.8 Å². The Hall–Kier alpha value is -0.940. The summed E-state index contributed by atoms with van der Waals surface area (Å²) >= 11 is 4.96. The van der Waals surface area contributed by atoms with Crippen LogP contribution in [0.1, 0.15) is 10.4 Å². The van der Waals surface area contributed by atoms with E-state index in [2.05, 4.69) is 0 Å². The maximum absolute atomic E-state index is 10.7. The Morgan fingerprint density at radius 3 is 2.67 bits per heavy atom. The lowest BCUT2D eigenvalue weighted by molar-refractivity contribution is 0.0694. The molecule has 1 aromatic carbocycles. The quantitative estimate of drug-likeness (QED) is 0.678. The molecule has 0 saturated carbocycles. The average molecular weight is 247 g/mol. The Kier molecular flexibility index (Phi) is 3.46. The third kappa shape index (κ3) is 2.35. The second-order valence-corrected chi connectivity index (χ2v) is 6.43. The smallest absolute Gasteiger partial charge is 0.339 e. The molecule has 0 amide bonds. The molecule has 0 radical (unpaired) electrons. The lowest BCUT2D eigenvalue weighted by atomic mass is 10.2. The molecule has 1 atom stereocenters. The van der Waals surface area contributed by atoms with E-state index in [0.717, 1.165) is 0 Å². The molecule has 7 heteroatoms. The summed E-state index contributed by atoms with van der Waals surface area (Å²) in [6, 6.07) is 4.20. The fourth-order valence-electron chi connectivity index (χ4n) is 1.05. The number of aromatic hydroxyl groups is 1. The van der Waals surface area contributed by atoms with Gasteiger partial charge >= 0.3 is 5.97 Å². The molecule has 82 valence electrons. The molecule has 4 N–H and O–H groups in total. The number of carboxylic acid groups (broad SMARTS) is 1. The van der Waals surface area contributed by atoms with Gasteiger partial charge in [0.05, 0.1) is 5.30 Å². The van der Waals surface area contributed by atoms with Crippen LogP contribution in [0.3, 0.4) is 0 Å². The van der Waals surface area contributed by atoms with E-state index in [1.807, 2.05) is 0 Å². The minimum Gasteiger partial charge on any atom is -0.506 e. The number of phenols is 1. The molecular formula is C8H10NO4PS. The highest BCUT2D eigenvalue weighted by molar-refractivity contribution is 8.14. The lowest BCUT2D eigenvalue weighted by Gasteiger charge is -2.16. The molecular weight excluding hydrogens is 237 g/mol. The van der Waals surface area contributed by atoms with Gasteiger partial charge in [0.25, 0.3) is 0 Å². The third-order valence-electron chi connectivity index (χ3n) is 1.85. The van der Waals surface area contributed by atoms with E-state index in [0.29, 0.717) is 0 Å². The van der Waals surface area contributed by atoms with Crippen molar-refractivity contribution < 1.29 is 19.5 Å². The van der Waals surface area contributed by atoms with Crippen LogP contribution in [0.25, 0.3) is 0 Å². The van der Waals surface area contributed by atoms with Gasteiger partial charge in [-0.3, -0.25) is 5.50 Å². The highest BCUT2D eigenvalue weighted by Crippen LogP contribution is 2.39. The van der Waals surface area contributed by atoms with E-state index in [9.17, 15) is 9.90 Å². The topological polar surface area (TPSA) is 92.8 Å². The fourth-order valence-corrected chi connectivity index (χ4v) is 2.40. The van der Waals surface area contributed by atoms with Crippen LogP contribution in [-0.4, -0.2) is 23.3 Å². The van der Waals surface area contributed by atoms with Gasteiger partial charge in [0.2, 0.25) is 0 Å². The molecule has 15 heavy (non-hydrogen) atoms. The van der Waals surface area contributed by atoms with E-state index in [4.69, 9.17) is 26.9 Å². The van der Waals surface area contributed by atoms with Crippen LogP contribution in [0.4, 0.5) is 0 Å². The minimum absolute atomic E-state index is 0.167. The third-order valence-corrected chi connectivity index (χ3v) is 4.46. The summed E-state index contributed by atoms with van der Waals surface area (Å²) in [4.78, 5) is 10.7. The van der Waals surface area contributed by atoms with E-state index in [1.54, 1.807) is 0 Å². The predicted octanol–water partition coefficient (Wildman–Crippen LogP) is 0.630. The van der Waals surface area contributed by atoms with Crippen LogP contribution in [0.5, 0.6) is 5.75 Å². The van der Waals surface area contributed by atoms with Crippen LogP contribution in [0.2, 0.25) is 0 Å². The molecule has 0 saturated heterocycles. The van der Waals surface area contributed by atoms with Crippen LogP contribution in [-0.2, 0) is 16.3 Å². The molecule has 1 rings (SSSR count). The minimum atomic E-state index is -2.81. The van der Waals surface area contributed by atoms with E-state index < -0.39 is 18.1 Å². The van der Waals surface area contributed by atoms with Gasteiger partial charge in [0, 0.05) is 7.11 Å². The second kappa shape index (κ2) is 4.28. The molecule has 0 fully saturated rings. The van der Waals surface area contributed by atoms with Gasteiger partial charge in [0.1, 0.15) is 11.3 Å². The molecule has 0 spiro atoms. The highest BCUT2D eigenvalue weighted by atomic mass is 32.4. The zero-order chi connectivity index (χ0) is 11.6. The van der Waals surface area contributed by atoms with E-state index in [1.165, 1.54) is 25.3 Å². The van der Waals surface area contributed by atoms with Crippen molar-refractivity contribution in [2.45, 2.75) is 0 Å². The Morgan fingerprint density at radius 2 is 2.20 bits per heavy atom. The summed E-state index contributed by atoms with van der Waals surface area (Å²) in [6.07, 6.45) is -2.81. The largest absolute Gasteiger partial charge is 0.506 e. The van der Waals surface area contributed by atoms with Gasteiger partial charge in [-0.2, -0.15) is 0 Å². The van der Waals surface area contributed by atoms with Crippen LogP contribution in [0.15, 0.2) is 18.2 Å². The molecule has 0 aliphatic carbocycles. The summed E-state index contributed by atoms with van der Waals surface area (Å²) in [5.41, 5.74) is 5.43. The number of nitrogens with two attached hydrogens (primary N) is 1. The van der Waals surface area contributed by atoms with Crippen molar-refractivity contribution in [3.63, 3.8) is 0 Å². The van der Waals surface area contributed by atoms with E-state index in [-0.39, 0.29) is 10.9 Å². The zero-order valence-corrected chi connectivity index (χ0v) is 9.59. The maximum atomic E-state index is 10.7. The zero-order valence-electron chi connectivity index (χ0n) is 7.88. The molecule has 1 unspecified atom stereocenters. The molecule has 0 heterocycles. The Morgan fingerprint density at radius 1 is 1.60 bits per heavy atom. The number of rotatable bonds is 3. The number of para-hydroxylation sites is 1. The van der Waals surface area contributed by atoms with Gasteiger partial charge in [-0.1, -0.05) is 6.07 Å². The molecule has 1 aromatic rings. The van der Waals surface area contributed by atoms with Crippen molar-refractivity contribution in [3.05, 3.63) is 23.8 Å². The normalized spacial score (nSPS) is 14.5. The number of hydrogen-bond donors (Lipinski definition) is 3.